The van der Waals surface area contributed by atoms with Crippen LogP contribution in [0.15, 0.2) is 29.1 Å². The average Bonchev–Trinajstić information content (AvgIpc) is 3.06. The zero-order valence-corrected chi connectivity index (χ0v) is 18.5. The maximum absolute atomic E-state index is 12.7. The van der Waals surface area contributed by atoms with Crippen molar-refractivity contribution in [1.29, 1.82) is 10.5 Å². The van der Waals surface area contributed by atoms with Gasteiger partial charge in [-0.05, 0) is 33.2 Å². The Hall–Kier alpha value is -3.60. The molecule has 1 heterocycles. The first-order chi connectivity index (χ1) is 14.9. The van der Waals surface area contributed by atoms with Crippen molar-refractivity contribution < 1.29 is 9.53 Å². The summed E-state index contributed by atoms with van der Waals surface area (Å²) in [6, 6.07) is 11.0. The molecule has 0 saturated carbocycles. The van der Waals surface area contributed by atoms with E-state index >= 15 is 0 Å². The van der Waals surface area contributed by atoms with Gasteiger partial charge in [0.25, 0.3) is 11.5 Å². The van der Waals surface area contributed by atoms with Crippen LogP contribution in [0, 0.1) is 22.7 Å². The Balaban J connectivity index is 2.35. The number of thiazole rings is 1. The molecule has 0 spiro atoms. The number of ether oxygens (including phenoxy) is 1. The molecule has 2 rings (SSSR count). The molecule has 0 saturated heterocycles. The van der Waals surface area contributed by atoms with Gasteiger partial charge in [0.2, 0.25) is 0 Å². The predicted molar refractivity (Wildman–Crippen MR) is 120 cm³/mol. The van der Waals surface area contributed by atoms with Crippen LogP contribution >= 0.6 is 11.3 Å². The summed E-state index contributed by atoms with van der Waals surface area (Å²) < 4.78 is 7.67. The summed E-state index contributed by atoms with van der Waals surface area (Å²) in [6.07, 6.45) is 1.55. The van der Waals surface area contributed by atoms with E-state index in [2.05, 4.69) is 10.6 Å². The van der Waals surface area contributed by atoms with E-state index < -0.39 is 5.91 Å². The number of carbonyl (C=O) groups is 1. The fraction of sp³-hybridized carbons (Fsp3) is 0.333. The van der Waals surface area contributed by atoms with E-state index in [9.17, 15) is 14.9 Å². The SMILES string of the molecule is CCn1c(=O)/c(=C\Nc2cccc(OCCN(C)C)c2)s/c1=C(/C#N)C(=O)NCC#N. The number of benzene rings is 1. The molecule has 0 atom stereocenters. The van der Waals surface area contributed by atoms with Crippen LogP contribution in [0.5, 0.6) is 5.75 Å². The Morgan fingerprint density at radius 3 is 2.77 bits per heavy atom. The maximum atomic E-state index is 12.7. The van der Waals surface area contributed by atoms with Gasteiger partial charge in [-0.25, -0.2) is 0 Å². The highest BCUT2D eigenvalue weighted by atomic mass is 32.1. The van der Waals surface area contributed by atoms with Gasteiger partial charge in [0.1, 0.15) is 34.2 Å². The quantitative estimate of drug-likeness (QED) is 0.528. The van der Waals surface area contributed by atoms with Crippen molar-refractivity contribution in [3.05, 3.63) is 43.8 Å². The Morgan fingerprint density at radius 2 is 2.13 bits per heavy atom. The largest absolute Gasteiger partial charge is 0.492 e. The van der Waals surface area contributed by atoms with Crippen LogP contribution in [0.2, 0.25) is 0 Å². The average molecular weight is 441 g/mol. The summed E-state index contributed by atoms with van der Waals surface area (Å²) in [5.41, 5.74) is 0.223. The lowest BCUT2D eigenvalue weighted by Gasteiger charge is -2.11. The van der Waals surface area contributed by atoms with Crippen LogP contribution < -0.4 is 30.1 Å². The van der Waals surface area contributed by atoms with Crippen molar-refractivity contribution in [2.24, 2.45) is 0 Å². The molecule has 0 aliphatic heterocycles. The van der Waals surface area contributed by atoms with Gasteiger partial charge in [-0.1, -0.05) is 6.07 Å². The number of nitrogens with zero attached hydrogens (tertiary/aromatic N) is 4. The molecule has 0 fully saturated rings. The fourth-order valence-corrected chi connectivity index (χ4v) is 3.65. The normalized spacial score (nSPS) is 12.1. The molecule has 1 aromatic carbocycles. The summed E-state index contributed by atoms with van der Waals surface area (Å²) in [6.45, 7) is 3.17. The number of amides is 1. The van der Waals surface area contributed by atoms with E-state index in [0.29, 0.717) is 23.4 Å². The number of carbonyl (C=O) groups excluding carboxylic acids is 1. The van der Waals surface area contributed by atoms with Crippen molar-refractivity contribution in [3.63, 3.8) is 0 Å². The highest BCUT2D eigenvalue weighted by molar-refractivity contribution is 7.07. The van der Waals surface area contributed by atoms with E-state index in [4.69, 9.17) is 10.00 Å². The molecule has 0 unspecified atom stereocenters. The smallest absolute Gasteiger partial charge is 0.270 e. The first-order valence-electron chi connectivity index (χ1n) is 9.54. The van der Waals surface area contributed by atoms with Gasteiger partial charge >= 0.3 is 0 Å². The van der Waals surface area contributed by atoms with E-state index in [0.717, 1.165) is 23.6 Å². The lowest BCUT2D eigenvalue weighted by Crippen LogP contribution is -2.34. The van der Waals surface area contributed by atoms with Gasteiger partial charge in [0.15, 0.2) is 5.57 Å². The third-order valence-corrected chi connectivity index (χ3v) is 5.25. The molecule has 10 heteroatoms. The van der Waals surface area contributed by atoms with E-state index in [1.807, 2.05) is 49.3 Å². The Kier molecular flexibility index (Phi) is 8.82. The molecule has 2 aromatic rings. The molecule has 0 radical (unpaired) electrons. The topological polar surface area (TPSA) is 123 Å². The predicted octanol–water partition coefficient (Wildman–Crippen LogP) is 0.0343. The van der Waals surface area contributed by atoms with Crippen LogP contribution in [-0.4, -0.2) is 49.2 Å². The van der Waals surface area contributed by atoms with Crippen molar-refractivity contribution >= 4 is 34.7 Å². The summed E-state index contributed by atoms with van der Waals surface area (Å²) in [4.78, 5) is 27.0. The zero-order valence-electron chi connectivity index (χ0n) is 17.6. The molecule has 162 valence electrons. The third-order valence-electron chi connectivity index (χ3n) is 4.12. The van der Waals surface area contributed by atoms with Crippen molar-refractivity contribution in [1.82, 2.24) is 14.8 Å². The number of likely N-dealkylation sites (N-methyl/N-ethyl adjacent to an activating group) is 1. The van der Waals surface area contributed by atoms with Gasteiger partial charge in [0.05, 0.1) is 6.07 Å². The number of aromatic nitrogens is 1. The lowest BCUT2D eigenvalue weighted by atomic mass is 10.3. The van der Waals surface area contributed by atoms with Crippen molar-refractivity contribution in [3.8, 4) is 17.9 Å². The van der Waals surface area contributed by atoms with Crippen LogP contribution in [0.1, 0.15) is 6.92 Å². The molecule has 0 aliphatic rings. The van der Waals surface area contributed by atoms with E-state index in [-0.39, 0.29) is 22.3 Å². The lowest BCUT2D eigenvalue weighted by molar-refractivity contribution is -0.115. The van der Waals surface area contributed by atoms with Crippen LogP contribution in [0.3, 0.4) is 0 Å². The second-order valence-electron chi connectivity index (χ2n) is 6.62. The van der Waals surface area contributed by atoms with Crippen LogP contribution in [-0.2, 0) is 11.3 Å². The minimum atomic E-state index is -0.686. The molecular formula is C21H24N6O3S. The van der Waals surface area contributed by atoms with E-state index in [1.54, 1.807) is 19.2 Å². The standard InChI is InChI=1S/C21H24N6O3S/c1-4-27-20(29)18(31-21(27)17(13-23)19(28)24-9-8-22)14-25-15-6-5-7-16(12-15)30-11-10-26(2)3/h5-7,12,14,25H,4,9-11H2,1-3H3,(H,24,28)/b18-14+,21-17-. The summed E-state index contributed by atoms with van der Waals surface area (Å²) in [5, 5.41) is 23.5. The number of nitriles is 2. The first kappa shape index (κ1) is 23.7. The third kappa shape index (κ3) is 6.44. The minimum Gasteiger partial charge on any atom is -0.492 e. The highest BCUT2D eigenvalue weighted by Gasteiger charge is 2.14. The molecule has 31 heavy (non-hydrogen) atoms. The van der Waals surface area contributed by atoms with Gasteiger partial charge in [0, 0.05) is 31.0 Å². The first-order valence-corrected chi connectivity index (χ1v) is 10.4. The van der Waals surface area contributed by atoms with Gasteiger partial charge in [-0.3, -0.25) is 14.2 Å². The van der Waals surface area contributed by atoms with Gasteiger partial charge in [-0.2, -0.15) is 10.5 Å². The molecule has 2 N–H and O–H groups in total. The monoisotopic (exact) mass is 440 g/mol. The van der Waals surface area contributed by atoms with Crippen LogP contribution in [0.25, 0.3) is 11.8 Å². The second-order valence-corrected chi connectivity index (χ2v) is 7.65. The summed E-state index contributed by atoms with van der Waals surface area (Å²) >= 11 is 1.04. The van der Waals surface area contributed by atoms with Crippen molar-refractivity contribution in [2.45, 2.75) is 13.5 Å². The number of rotatable bonds is 9. The van der Waals surface area contributed by atoms with Crippen LogP contribution in [0.4, 0.5) is 5.69 Å². The molecule has 1 amide bonds. The summed E-state index contributed by atoms with van der Waals surface area (Å²) in [7, 11) is 3.94. The molecule has 0 aliphatic carbocycles. The van der Waals surface area contributed by atoms with Gasteiger partial charge in [-0.15, -0.1) is 11.3 Å². The maximum Gasteiger partial charge on any atom is 0.270 e. The number of hydrogen-bond donors (Lipinski definition) is 2. The minimum absolute atomic E-state index is 0.199. The van der Waals surface area contributed by atoms with Gasteiger partial charge < -0.3 is 20.3 Å². The Morgan fingerprint density at radius 1 is 1.35 bits per heavy atom. The number of nitrogens with one attached hydrogen (secondary N) is 2. The van der Waals surface area contributed by atoms with Crippen molar-refractivity contribution in [2.75, 3.05) is 39.1 Å². The molecule has 9 nitrogen and oxygen atoms in total. The molecule has 0 bridgehead atoms. The second kappa shape index (κ2) is 11.6. The van der Waals surface area contributed by atoms with E-state index in [1.165, 1.54) is 4.57 Å². The highest BCUT2D eigenvalue weighted by Crippen LogP contribution is 2.17. The Labute approximate surface area is 184 Å². The number of hydrogen-bond acceptors (Lipinski definition) is 8. The zero-order chi connectivity index (χ0) is 22.8. The molecule has 1 aromatic heterocycles. The fourth-order valence-electron chi connectivity index (χ4n) is 2.57. The molecular weight excluding hydrogens is 416 g/mol. The Bertz CT molecular complexity index is 1180. The number of anilines is 1. The summed E-state index contributed by atoms with van der Waals surface area (Å²) in [5.74, 6) is 0.0157.